The van der Waals surface area contributed by atoms with Crippen molar-refractivity contribution in [2.45, 2.75) is 6.54 Å². The first-order chi connectivity index (χ1) is 8.18. The third-order valence-corrected chi connectivity index (χ3v) is 2.36. The molecule has 5 heteroatoms. The van der Waals surface area contributed by atoms with E-state index < -0.39 is 5.91 Å². The molecule has 0 aliphatic rings. The van der Waals surface area contributed by atoms with Crippen molar-refractivity contribution >= 4 is 5.91 Å². The van der Waals surface area contributed by atoms with Crippen LogP contribution in [-0.2, 0) is 6.54 Å². The maximum absolute atomic E-state index is 11.7. The lowest BCUT2D eigenvalue weighted by atomic mass is 10.1. The van der Waals surface area contributed by atoms with Gasteiger partial charge in [-0.25, -0.2) is 0 Å². The van der Waals surface area contributed by atoms with E-state index in [-0.39, 0.29) is 17.1 Å². The minimum Gasteiger partial charge on any atom is -0.507 e. The van der Waals surface area contributed by atoms with E-state index in [2.05, 4.69) is 10.3 Å². The minimum absolute atomic E-state index is 0.108. The van der Waals surface area contributed by atoms with Crippen molar-refractivity contribution in [1.82, 2.24) is 10.3 Å². The summed E-state index contributed by atoms with van der Waals surface area (Å²) in [5.74, 6) is -0.991. The SMILES string of the molecule is O=C(NCc1cc[nH]c1)c1c(O)cccc1O. The quantitative estimate of drug-likeness (QED) is 0.644. The number of H-pyrrole nitrogens is 1. The summed E-state index contributed by atoms with van der Waals surface area (Å²) in [6, 6.07) is 5.99. The van der Waals surface area contributed by atoms with Crippen molar-refractivity contribution in [2.24, 2.45) is 0 Å². The second kappa shape index (κ2) is 4.61. The van der Waals surface area contributed by atoms with Crippen molar-refractivity contribution in [3.8, 4) is 11.5 Å². The molecular formula is C12H12N2O3. The number of carbonyl (C=O) groups is 1. The molecule has 0 atom stereocenters. The van der Waals surface area contributed by atoms with Gasteiger partial charge in [0, 0.05) is 18.9 Å². The smallest absolute Gasteiger partial charge is 0.259 e. The fourth-order valence-corrected chi connectivity index (χ4v) is 1.50. The Bertz CT molecular complexity index is 500. The first kappa shape index (κ1) is 11.1. The number of benzene rings is 1. The average molecular weight is 232 g/mol. The molecule has 88 valence electrons. The Hall–Kier alpha value is -2.43. The number of phenolic OH excluding ortho intramolecular Hbond substituents is 2. The van der Waals surface area contributed by atoms with Crippen molar-refractivity contribution in [3.63, 3.8) is 0 Å². The van der Waals surface area contributed by atoms with Gasteiger partial charge in [0.25, 0.3) is 5.91 Å². The highest BCUT2D eigenvalue weighted by Crippen LogP contribution is 2.25. The summed E-state index contributed by atoms with van der Waals surface area (Å²) in [4.78, 5) is 14.6. The van der Waals surface area contributed by atoms with Crippen LogP contribution >= 0.6 is 0 Å². The molecule has 0 aliphatic carbocycles. The zero-order chi connectivity index (χ0) is 12.3. The number of hydrogen-bond acceptors (Lipinski definition) is 3. The number of aromatic hydroxyl groups is 2. The summed E-state index contributed by atoms with van der Waals surface area (Å²) in [6.07, 6.45) is 3.50. The third kappa shape index (κ3) is 2.39. The number of nitrogens with one attached hydrogen (secondary N) is 2. The lowest BCUT2D eigenvalue weighted by Crippen LogP contribution is -2.22. The molecule has 0 bridgehead atoms. The van der Waals surface area contributed by atoms with Crippen LogP contribution in [0.3, 0.4) is 0 Å². The van der Waals surface area contributed by atoms with Crippen LogP contribution in [0.1, 0.15) is 15.9 Å². The monoisotopic (exact) mass is 232 g/mol. The summed E-state index contributed by atoms with van der Waals surface area (Å²) >= 11 is 0. The molecule has 0 unspecified atom stereocenters. The summed E-state index contributed by atoms with van der Waals surface area (Å²) in [7, 11) is 0. The van der Waals surface area contributed by atoms with Crippen molar-refractivity contribution < 1.29 is 15.0 Å². The second-order valence-corrected chi connectivity index (χ2v) is 3.57. The van der Waals surface area contributed by atoms with Gasteiger partial charge in [-0.3, -0.25) is 4.79 Å². The van der Waals surface area contributed by atoms with Gasteiger partial charge in [0.1, 0.15) is 17.1 Å². The minimum atomic E-state index is -0.512. The zero-order valence-electron chi connectivity index (χ0n) is 8.97. The number of carbonyl (C=O) groups excluding carboxylic acids is 1. The lowest BCUT2D eigenvalue weighted by Gasteiger charge is -2.07. The van der Waals surface area contributed by atoms with Crippen molar-refractivity contribution in [3.05, 3.63) is 47.8 Å². The topological polar surface area (TPSA) is 85.4 Å². The number of hydrogen-bond donors (Lipinski definition) is 4. The predicted molar refractivity (Wildman–Crippen MR) is 61.7 cm³/mol. The van der Waals surface area contributed by atoms with Crippen LogP contribution in [0.2, 0.25) is 0 Å². The molecule has 5 nitrogen and oxygen atoms in total. The maximum atomic E-state index is 11.7. The van der Waals surface area contributed by atoms with Gasteiger partial charge < -0.3 is 20.5 Å². The first-order valence-electron chi connectivity index (χ1n) is 5.09. The van der Waals surface area contributed by atoms with E-state index in [1.807, 2.05) is 6.07 Å². The van der Waals surface area contributed by atoms with Crippen LogP contribution < -0.4 is 5.32 Å². The van der Waals surface area contributed by atoms with Gasteiger partial charge in [-0.05, 0) is 23.8 Å². The van der Waals surface area contributed by atoms with Crippen molar-refractivity contribution in [2.75, 3.05) is 0 Å². The van der Waals surface area contributed by atoms with E-state index in [4.69, 9.17) is 0 Å². The van der Waals surface area contributed by atoms with E-state index in [1.165, 1.54) is 18.2 Å². The molecule has 0 radical (unpaired) electrons. The Labute approximate surface area is 97.7 Å². The number of aromatic nitrogens is 1. The molecule has 0 saturated heterocycles. The van der Waals surface area contributed by atoms with E-state index >= 15 is 0 Å². The number of amides is 1. The van der Waals surface area contributed by atoms with Gasteiger partial charge in [0.15, 0.2) is 0 Å². The summed E-state index contributed by atoms with van der Waals surface area (Å²) in [5.41, 5.74) is 0.802. The Kier molecular flexibility index (Phi) is 3.00. The molecule has 2 rings (SSSR count). The molecule has 4 N–H and O–H groups in total. The lowest BCUT2D eigenvalue weighted by molar-refractivity contribution is 0.0945. The Balaban J connectivity index is 2.10. The predicted octanol–water partition coefficient (Wildman–Crippen LogP) is 1.36. The van der Waals surface area contributed by atoms with Crippen LogP contribution in [0.5, 0.6) is 11.5 Å². The summed E-state index contributed by atoms with van der Waals surface area (Å²) < 4.78 is 0. The molecular weight excluding hydrogens is 220 g/mol. The molecule has 0 spiro atoms. The van der Waals surface area contributed by atoms with Crippen LogP contribution in [0, 0.1) is 0 Å². The molecule has 1 aromatic heterocycles. The van der Waals surface area contributed by atoms with Crippen LogP contribution in [-0.4, -0.2) is 21.1 Å². The van der Waals surface area contributed by atoms with Crippen molar-refractivity contribution in [1.29, 1.82) is 0 Å². The van der Waals surface area contributed by atoms with Gasteiger partial charge in [-0.15, -0.1) is 0 Å². The number of phenols is 2. The fraction of sp³-hybridized carbons (Fsp3) is 0.0833. The van der Waals surface area contributed by atoms with E-state index in [0.717, 1.165) is 5.56 Å². The van der Waals surface area contributed by atoms with E-state index in [1.54, 1.807) is 12.4 Å². The van der Waals surface area contributed by atoms with Gasteiger partial charge in [0.05, 0.1) is 0 Å². The second-order valence-electron chi connectivity index (χ2n) is 3.57. The highest BCUT2D eigenvalue weighted by atomic mass is 16.3. The van der Waals surface area contributed by atoms with Crippen LogP contribution in [0.4, 0.5) is 0 Å². The molecule has 17 heavy (non-hydrogen) atoms. The van der Waals surface area contributed by atoms with Gasteiger partial charge in [0.2, 0.25) is 0 Å². The number of aromatic amines is 1. The van der Waals surface area contributed by atoms with Gasteiger partial charge in [-0.1, -0.05) is 6.07 Å². The standard InChI is InChI=1S/C12H12N2O3/c15-9-2-1-3-10(16)11(9)12(17)14-7-8-4-5-13-6-8/h1-6,13,15-16H,7H2,(H,14,17). The maximum Gasteiger partial charge on any atom is 0.259 e. The highest BCUT2D eigenvalue weighted by molar-refractivity contribution is 5.99. The summed E-state index contributed by atoms with van der Waals surface area (Å²) in [5, 5.41) is 21.6. The van der Waals surface area contributed by atoms with E-state index in [0.29, 0.717) is 6.54 Å². The largest absolute Gasteiger partial charge is 0.507 e. The Morgan fingerprint density at radius 3 is 2.53 bits per heavy atom. The average Bonchev–Trinajstić information content (AvgIpc) is 2.79. The molecule has 2 aromatic rings. The molecule has 0 saturated carbocycles. The molecule has 0 aliphatic heterocycles. The molecule has 1 aromatic carbocycles. The third-order valence-electron chi connectivity index (χ3n) is 2.36. The fourth-order valence-electron chi connectivity index (χ4n) is 1.50. The van der Waals surface area contributed by atoms with Gasteiger partial charge in [-0.2, -0.15) is 0 Å². The first-order valence-corrected chi connectivity index (χ1v) is 5.09. The van der Waals surface area contributed by atoms with Gasteiger partial charge >= 0.3 is 0 Å². The normalized spacial score (nSPS) is 10.1. The number of rotatable bonds is 3. The van der Waals surface area contributed by atoms with Crippen LogP contribution in [0.25, 0.3) is 0 Å². The Morgan fingerprint density at radius 1 is 1.24 bits per heavy atom. The molecule has 1 heterocycles. The molecule has 1 amide bonds. The Morgan fingerprint density at radius 2 is 1.94 bits per heavy atom. The zero-order valence-corrected chi connectivity index (χ0v) is 8.97. The highest BCUT2D eigenvalue weighted by Gasteiger charge is 2.15. The van der Waals surface area contributed by atoms with E-state index in [9.17, 15) is 15.0 Å². The summed E-state index contributed by atoms with van der Waals surface area (Å²) in [6.45, 7) is 0.329. The molecule has 0 fully saturated rings. The van der Waals surface area contributed by atoms with Crippen LogP contribution in [0.15, 0.2) is 36.7 Å².